The molecule has 0 unspecified atom stereocenters. The third-order valence-electron chi connectivity index (χ3n) is 2.32. The standard InChI is InChI=1S/C14H14FNO2/c1-3-11(8-9-16(2)10-14(17)18)12-4-6-13(15)7-5-12/h1,4-8H,9-10H2,2H3,(H,17,18). The number of aliphatic carboxylic acids is 1. The molecule has 0 aliphatic carbocycles. The molecule has 1 rings (SSSR count). The molecule has 0 saturated carbocycles. The van der Waals surface area contributed by atoms with Crippen molar-refractivity contribution < 1.29 is 14.3 Å². The molecule has 0 amide bonds. The van der Waals surface area contributed by atoms with Gasteiger partial charge in [0.05, 0.1) is 6.54 Å². The number of carboxylic acids is 1. The van der Waals surface area contributed by atoms with Gasteiger partial charge in [-0.15, -0.1) is 6.42 Å². The molecule has 1 aromatic rings. The summed E-state index contributed by atoms with van der Waals surface area (Å²) in [5.74, 6) is 1.30. The first-order valence-electron chi connectivity index (χ1n) is 5.36. The quantitative estimate of drug-likeness (QED) is 0.807. The summed E-state index contributed by atoms with van der Waals surface area (Å²) < 4.78 is 12.8. The van der Waals surface area contributed by atoms with Crippen molar-refractivity contribution in [1.82, 2.24) is 4.90 Å². The maximum Gasteiger partial charge on any atom is 0.317 e. The molecule has 0 radical (unpaired) electrons. The van der Waals surface area contributed by atoms with E-state index < -0.39 is 5.97 Å². The van der Waals surface area contributed by atoms with Crippen molar-refractivity contribution in [1.29, 1.82) is 0 Å². The van der Waals surface area contributed by atoms with Crippen LogP contribution < -0.4 is 0 Å². The SMILES string of the molecule is C#CC(=CCN(C)CC(=O)O)c1ccc(F)cc1. The molecule has 0 fully saturated rings. The van der Waals surface area contributed by atoms with Gasteiger partial charge in [0, 0.05) is 12.1 Å². The first-order valence-corrected chi connectivity index (χ1v) is 5.36. The minimum absolute atomic E-state index is 0.0578. The third-order valence-corrected chi connectivity index (χ3v) is 2.32. The number of carboxylic acid groups (broad SMARTS) is 1. The van der Waals surface area contributed by atoms with E-state index in [1.165, 1.54) is 12.1 Å². The minimum atomic E-state index is -0.894. The number of carbonyl (C=O) groups is 1. The van der Waals surface area contributed by atoms with Gasteiger partial charge < -0.3 is 5.11 Å². The molecule has 3 nitrogen and oxygen atoms in total. The van der Waals surface area contributed by atoms with Gasteiger partial charge >= 0.3 is 5.97 Å². The molecule has 4 heteroatoms. The zero-order valence-corrected chi connectivity index (χ0v) is 10.1. The van der Waals surface area contributed by atoms with E-state index in [0.29, 0.717) is 12.1 Å². The van der Waals surface area contributed by atoms with E-state index in [9.17, 15) is 9.18 Å². The normalized spacial score (nSPS) is 11.3. The van der Waals surface area contributed by atoms with Gasteiger partial charge in [-0.25, -0.2) is 4.39 Å². The molecule has 0 spiro atoms. The van der Waals surface area contributed by atoms with Gasteiger partial charge in [0.1, 0.15) is 5.82 Å². The lowest BCUT2D eigenvalue weighted by Crippen LogP contribution is -2.25. The Kier molecular flexibility index (Phi) is 5.09. The molecule has 1 N–H and O–H groups in total. The van der Waals surface area contributed by atoms with E-state index in [4.69, 9.17) is 11.5 Å². The fourth-order valence-corrected chi connectivity index (χ4v) is 1.43. The summed E-state index contributed by atoms with van der Waals surface area (Å²) in [5.41, 5.74) is 1.36. The van der Waals surface area contributed by atoms with E-state index in [1.54, 1.807) is 30.2 Å². The summed E-state index contributed by atoms with van der Waals surface area (Å²) in [6.07, 6.45) is 7.13. The van der Waals surface area contributed by atoms with Crippen LogP contribution in [0.2, 0.25) is 0 Å². The Hall–Kier alpha value is -2.12. The van der Waals surface area contributed by atoms with Crippen LogP contribution in [0.25, 0.3) is 5.57 Å². The zero-order chi connectivity index (χ0) is 13.5. The maximum absolute atomic E-state index is 12.8. The molecule has 0 saturated heterocycles. The van der Waals surface area contributed by atoms with E-state index in [2.05, 4.69) is 5.92 Å². The third kappa shape index (κ3) is 4.40. The van der Waals surface area contributed by atoms with Gasteiger partial charge in [0.2, 0.25) is 0 Å². The average Bonchev–Trinajstić information content (AvgIpc) is 2.31. The Morgan fingerprint density at radius 1 is 1.50 bits per heavy atom. The molecule has 94 valence electrons. The van der Waals surface area contributed by atoms with Crippen LogP contribution in [0.1, 0.15) is 5.56 Å². The Bertz CT molecular complexity index is 486. The molecule has 0 aliphatic rings. The van der Waals surface area contributed by atoms with Crippen molar-refractivity contribution >= 4 is 11.5 Å². The number of nitrogens with zero attached hydrogens (tertiary/aromatic N) is 1. The van der Waals surface area contributed by atoms with Crippen molar-refractivity contribution in [3.8, 4) is 12.3 Å². The molecule has 0 atom stereocenters. The van der Waals surface area contributed by atoms with Crippen molar-refractivity contribution in [3.63, 3.8) is 0 Å². The van der Waals surface area contributed by atoms with Crippen LogP contribution >= 0.6 is 0 Å². The summed E-state index contributed by atoms with van der Waals surface area (Å²) in [5, 5.41) is 8.61. The van der Waals surface area contributed by atoms with Crippen molar-refractivity contribution in [2.75, 3.05) is 20.1 Å². The number of likely N-dealkylation sites (N-methyl/N-ethyl adjacent to an activating group) is 1. The van der Waals surface area contributed by atoms with Crippen LogP contribution in [-0.2, 0) is 4.79 Å². The van der Waals surface area contributed by atoms with Gasteiger partial charge in [0.25, 0.3) is 0 Å². The van der Waals surface area contributed by atoms with Crippen LogP contribution in [0, 0.1) is 18.2 Å². The van der Waals surface area contributed by atoms with E-state index in [0.717, 1.165) is 5.56 Å². The van der Waals surface area contributed by atoms with Crippen molar-refractivity contribution in [2.45, 2.75) is 0 Å². The van der Waals surface area contributed by atoms with Crippen molar-refractivity contribution in [3.05, 3.63) is 41.7 Å². The predicted molar refractivity (Wildman–Crippen MR) is 68.3 cm³/mol. The van der Waals surface area contributed by atoms with Crippen molar-refractivity contribution in [2.24, 2.45) is 0 Å². The average molecular weight is 247 g/mol. The number of benzene rings is 1. The summed E-state index contributed by atoms with van der Waals surface area (Å²) in [7, 11) is 1.68. The molecule has 0 bridgehead atoms. The van der Waals surface area contributed by atoms with E-state index >= 15 is 0 Å². The summed E-state index contributed by atoms with van der Waals surface area (Å²) >= 11 is 0. The Balaban J connectivity index is 2.75. The van der Waals surface area contributed by atoms with Gasteiger partial charge in [-0.05, 0) is 24.7 Å². The highest BCUT2D eigenvalue weighted by Crippen LogP contribution is 2.13. The zero-order valence-electron chi connectivity index (χ0n) is 10.1. The Morgan fingerprint density at radius 2 is 2.11 bits per heavy atom. The lowest BCUT2D eigenvalue weighted by Gasteiger charge is -2.11. The second-order valence-corrected chi connectivity index (χ2v) is 3.86. The van der Waals surface area contributed by atoms with Crippen LogP contribution in [-0.4, -0.2) is 36.1 Å². The minimum Gasteiger partial charge on any atom is -0.480 e. The van der Waals surface area contributed by atoms with Gasteiger partial charge in [-0.3, -0.25) is 9.69 Å². The number of allylic oxidation sites excluding steroid dienone is 1. The summed E-state index contributed by atoms with van der Waals surface area (Å²) in [6, 6.07) is 5.86. The molecular formula is C14H14FNO2. The molecule has 0 aliphatic heterocycles. The van der Waals surface area contributed by atoms with Crippen LogP contribution in [0.4, 0.5) is 4.39 Å². The molecular weight excluding hydrogens is 233 g/mol. The Labute approximate surface area is 106 Å². The highest BCUT2D eigenvalue weighted by Gasteiger charge is 2.03. The number of hydrogen-bond acceptors (Lipinski definition) is 2. The fourth-order valence-electron chi connectivity index (χ4n) is 1.43. The largest absolute Gasteiger partial charge is 0.480 e. The van der Waals surface area contributed by atoms with Crippen LogP contribution in [0.15, 0.2) is 30.3 Å². The van der Waals surface area contributed by atoms with Gasteiger partial charge in [-0.1, -0.05) is 24.1 Å². The second kappa shape index (κ2) is 6.58. The lowest BCUT2D eigenvalue weighted by atomic mass is 10.1. The number of halogens is 1. The first kappa shape index (κ1) is 13.9. The predicted octanol–water partition coefficient (Wildman–Crippen LogP) is 1.86. The lowest BCUT2D eigenvalue weighted by molar-refractivity contribution is -0.137. The summed E-state index contributed by atoms with van der Waals surface area (Å²) in [6.45, 7) is 0.362. The molecule has 1 aromatic carbocycles. The van der Waals surface area contributed by atoms with Gasteiger partial charge in [0.15, 0.2) is 0 Å². The summed E-state index contributed by atoms with van der Waals surface area (Å²) in [4.78, 5) is 12.1. The van der Waals surface area contributed by atoms with Crippen LogP contribution in [0.5, 0.6) is 0 Å². The fraction of sp³-hybridized carbons (Fsp3) is 0.214. The van der Waals surface area contributed by atoms with E-state index in [-0.39, 0.29) is 12.4 Å². The highest BCUT2D eigenvalue weighted by atomic mass is 19.1. The van der Waals surface area contributed by atoms with E-state index in [1.807, 2.05) is 0 Å². The van der Waals surface area contributed by atoms with Crippen LogP contribution in [0.3, 0.4) is 0 Å². The number of hydrogen-bond donors (Lipinski definition) is 1. The molecule has 18 heavy (non-hydrogen) atoms. The smallest absolute Gasteiger partial charge is 0.317 e. The molecule has 0 heterocycles. The molecule has 0 aromatic heterocycles. The number of rotatable bonds is 5. The maximum atomic E-state index is 12.8. The van der Waals surface area contributed by atoms with Gasteiger partial charge in [-0.2, -0.15) is 0 Å². The second-order valence-electron chi connectivity index (χ2n) is 3.86. The highest BCUT2D eigenvalue weighted by molar-refractivity contribution is 5.78. The topological polar surface area (TPSA) is 40.5 Å². The number of terminal acetylenes is 1. The Morgan fingerprint density at radius 3 is 2.61 bits per heavy atom. The first-order chi connectivity index (χ1) is 8.52. The monoisotopic (exact) mass is 247 g/mol.